The lowest BCUT2D eigenvalue weighted by Crippen LogP contribution is -1.99. The largest absolute Gasteiger partial charge is 0.457 e. The van der Waals surface area contributed by atoms with Gasteiger partial charge in [-0.1, -0.05) is 168 Å². The van der Waals surface area contributed by atoms with Gasteiger partial charge in [0.1, 0.15) is 11.5 Å². The third kappa shape index (κ3) is 21.2. The molecule has 2 aromatic rings. The van der Waals surface area contributed by atoms with Crippen LogP contribution in [0.2, 0.25) is 0 Å². The van der Waals surface area contributed by atoms with Gasteiger partial charge in [0.2, 0.25) is 0 Å². The Hall–Kier alpha value is -2.42. The monoisotopic (exact) mass is 647 g/mol. The molecule has 0 aliphatic heterocycles. The first kappa shape index (κ1) is 40.8. The molecular weight excluding hydrogens is 576 g/mol. The van der Waals surface area contributed by atoms with E-state index in [-0.39, 0.29) is 11.6 Å². The van der Waals surface area contributed by atoms with Gasteiger partial charge in [0.15, 0.2) is 11.6 Å². The molecule has 264 valence electrons. The Bertz CT molecular complexity index is 940. The van der Waals surface area contributed by atoms with Gasteiger partial charge in [0.05, 0.1) is 0 Å². The number of Topliss-reactive ketones (excluding diaryl/α,β-unsaturated/α-hetero) is 2. The van der Waals surface area contributed by atoms with E-state index in [1.807, 2.05) is 48.5 Å². The van der Waals surface area contributed by atoms with Gasteiger partial charge >= 0.3 is 0 Å². The Morgan fingerprint density at radius 3 is 0.851 bits per heavy atom. The minimum Gasteiger partial charge on any atom is -0.457 e. The highest BCUT2D eigenvalue weighted by Crippen LogP contribution is 2.24. The van der Waals surface area contributed by atoms with Gasteiger partial charge < -0.3 is 4.74 Å². The van der Waals surface area contributed by atoms with Crippen molar-refractivity contribution in [2.45, 2.75) is 194 Å². The van der Waals surface area contributed by atoms with E-state index in [1.165, 1.54) is 141 Å². The van der Waals surface area contributed by atoms with Crippen molar-refractivity contribution in [3.05, 3.63) is 59.7 Å². The number of ketones is 2. The Labute approximate surface area is 290 Å². The molecule has 0 saturated carbocycles. The van der Waals surface area contributed by atoms with Crippen LogP contribution < -0.4 is 4.74 Å². The van der Waals surface area contributed by atoms with Crippen LogP contribution in [0.1, 0.15) is 214 Å². The van der Waals surface area contributed by atoms with E-state index >= 15 is 0 Å². The second kappa shape index (κ2) is 28.6. The molecule has 0 unspecified atom stereocenters. The average molecular weight is 647 g/mol. The van der Waals surface area contributed by atoms with Crippen LogP contribution in [0.3, 0.4) is 0 Å². The Kier molecular flexibility index (Phi) is 24.8. The first-order valence-corrected chi connectivity index (χ1v) is 20.1. The maximum atomic E-state index is 12.7. The molecule has 0 spiro atoms. The van der Waals surface area contributed by atoms with Crippen LogP contribution in [0.4, 0.5) is 0 Å². The lowest BCUT2D eigenvalue weighted by atomic mass is 10.0. The highest BCUT2D eigenvalue weighted by Gasteiger charge is 2.09. The van der Waals surface area contributed by atoms with Crippen LogP contribution in [0.25, 0.3) is 0 Å². The molecule has 0 aromatic heterocycles. The molecule has 0 amide bonds. The Morgan fingerprint density at radius 2 is 0.596 bits per heavy atom. The molecule has 0 fully saturated rings. The lowest BCUT2D eigenvalue weighted by Gasteiger charge is -2.08. The predicted octanol–water partition coefficient (Wildman–Crippen LogP) is 14.8. The number of rotatable bonds is 32. The van der Waals surface area contributed by atoms with Crippen molar-refractivity contribution in [3.8, 4) is 11.5 Å². The molecule has 0 bridgehead atoms. The van der Waals surface area contributed by atoms with Crippen LogP contribution in [-0.2, 0) is 0 Å². The standard InChI is InChI=1S/C44H70O3/c1-3-5-7-9-11-13-15-17-19-21-23-25-27-29-43(45)39-31-35-41(36-32-39)47-42-37-33-40(34-38-42)44(46)30-28-26-24-22-20-18-16-14-12-10-8-6-4-2/h31-38H,3-30H2,1-2H3. The van der Waals surface area contributed by atoms with E-state index in [2.05, 4.69) is 13.8 Å². The number of carbonyl (C=O) groups is 2. The van der Waals surface area contributed by atoms with Crippen molar-refractivity contribution in [2.24, 2.45) is 0 Å². The van der Waals surface area contributed by atoms with Gasteiger partial charge in [-0.2, -0.15) is 0 Å². The molecule has 0 aliphatic rings. The van der Waals surface area contributed by atoms with Crippen molar-refractivity contribution in [1.82, 2.24) is 0 Å². The van der Waals surface area contributed by atoms with Gasteiger partial charge in [0, 0.05) is 24.0 Å². The first-order chi connectivity index (χ1) is 23.1. The van der Waals surface area contributed by atoms with Crippen LogP contribution in [0.15, 0.2) is 48.5 Å². The summed E-state index contributed by atoms with van der Waals surface area (Å²) in [6.07, 6.45) is 35.4. The number of ether oxygens (including phenoxy) is 1. The molecule has 0 heterocycles. The van der Waals surface area contributed by atoms with E-state index in [4.69, 9.17) is 4.74 Å². The van der Waals surface area contributed by atoms with Crippen molar-refractivity contribution < 1.29 is 14.3 Å². The summed E-state index contributed by atoms with van der Waals surface area (Å²) in [5.74, 6) is 1.83. The zero-order valence-corrected chi connectivity index (χ0v) is 30.6. The highest BCUT2D eigenvalue weighted by atomic mass is 16.5. The van der Waals surface area contributed by atoms with Crippen molar-refractivity contribution in [1.29, 1.82) is 0 Å². The quantitative estimate of drug-likeness (QED) is 0.0587. The molecule has 3 heteroatoms. The molecule has 2 rings (SSSR count). The maximum absolute atomic E-state index is 12.7. The van der Waals surface area contributed by atoms with Gasteiger partial charge in [-0.25, -0.2) is 0 Å². The van der Waals surface area contributed by atoms with E-state index in [0.29, 0.717) is 24.3 Å². The number of benzene rings is 2. The van der Waals surface area contributed by atoms with E-state index in [0.717, 1.165) is 36.8 Å². The smallest absolute Gasteiger partial charge is 0.162 e. The zero-order chi connectivity index (χ0) is 33.6. The molecule has 3 nitrogen and oxygen atoms in total. The van der Waals surface area contributed by atoms with Gasteiger partial charge in [-0.05, 0) is 61.4 Å². The normalized spacial score (nSPS) is 11.2. The van der Waals surface area contributed by atoms with Crippen molar-refractivity contribution in [3.63, 3.8) is 0 Å². The fourth-order valence-corrected chi connectivity index (χ4v) is 6.45. The average Bonchev–Trinajstić information content (AvgIpc) is 3.09. The molecule has 47 heavy (non-hydrogen) atoms. The van der Waals surface area contributed by atoms with Crippen LogP contribution in [0.5, 0.6) is 11.5 Å². The molecule has 0 radical (unpaired) electrons. The summed E-state index contributed by atoms with van der Waals surface area (Å²) in [5.41, 5.74) is 1.51. The lowest BCUT2D eigenvalue weighted by molar-refractivity contribution is 0.0971. The summed E-state index contributed by atoms with van der Waals surface area (Å²) in [7, 11) is 0. The van der Waals surface area contributed by atoms with Crippen molar-refractivity contribution in [2.75, 3.05) is 0 Å². The van der Waals surface area contributed by atoms with Gasteiger partial charge in [-0.3, -0.25) is 9.59 Å². The van der Waals surface area contributed by atoms with E-state index < -0.39 is 0 Å². The van der Waals surface area contributed by atoms with E-state index in [9.17, 15) is 9.59 Å². The molecule has 0 atom stereocenters. The Balaban J connectivity index is 1.50. The number of hydrogen-bond acceptors (Lipinski definition) is 3. The molecule has 2 aromatic carbocycles. The fourth-order valence-electron chi connectivity index (χ4n) is 6.45. The molecule has 0 N–H and O–H groups in total. The third-order valence-electron chi connectivity index (χ3n) is 9.60. The summed E-state index contributed by atoms with van der Waals surface area (Å²) in [4.78, 5) is 25.3. The summed E-state index contributed by atoms with van der Waals surface area (Å²) in [6.45, 7) is 4.55. The Morgan fingerprint density at radius 1 is 0.362 bits per heavy atom. The number of hydrogen-bond donors (Lipinski definition) is 0. The maximum Gasteiger partial charge on any atom is 0.162 e. The molecule has 0 aliphatic carbocycles. The van der Waals surface area contributed by atoms with E-state index in [1.54, 1.807) is 0 Å². The van der Waals surface area contributed by atoms with Gasteiger partial charge in [0.25, 0.3) is 0 Å². The van der Waals surface area contributed by atoms with Crippen LogP contribution >= 0.6 is 0 Å². The summed E-state index contributed by atoms with van der Waals surface area (Å²) in [5, 5.41) is 0. The van der Waals surface area contributed by atoms with Crippen LogP contribution in [0, 0.1) is 0 Å². The number of carbonyl (C=O) groups excluding carboxylic acids is 2. The molecule has 0 saturated heterocycles. The molecular formula is C44H70O3. The number of unbranched alkanes of at least 4 members (excludes halogenated alkanes) is 24. The van der Waals surface area contributed by atoms with Crippen LogP contribution in [-0.4, -0.2) is 11.6 Å². The van der Waals surface area contributed by atoms with Crippen molar-refractivity contribution >= 4 is 11.6 Å². The third-order valence-corrected chi connectivity index (χ3v) is 9.60. The fraction of sp³-hybridized carbons (Fsp3) is 0.682. The SMILES string of the molecule is CCCCCCCCCCCCCCCC(=O)c1ccc(Oc2ccc(C(=O)CCCCCCCCCCCCCCC)cc2)cc1. The second-order valence-electron chi connectivity index (χ2n) is 14.0. The zero-order valence-electron chi connectivity index (χ0n) is 30.6. The van der Waals surface area contributed by atoms with Gasteiger partial charge in [-0.15, -0.1) is 0 Å². The summed E-state index contributed by atoms with van der Waals surface area (Å²) < 4.78 is 5.99. The highest BCUT2D eigenvalue weighted by molar-refractivity contribution is 5.96. The predicted molar refractivity (Wildman–Crippen MR) is 202 cm³/mol. The minimum absolute atomic E-state index is 0.214. The topological polar surface area (TPSA) is 43.4 Å². The first-order valence-electron chi connectivity index (χ1n) is 20.1. The minimum atomic E-state index is 0.214. The second-order valence-corrected chi connectivity index (χ2v) is 14.0. The summed E-state index contributed by atoms with van der Waals surface area (Å²) in [6, 6.07) is 14.9. The summed E-state index contributed by atoms with van der Waals surface area (Å²) >= 11 is 0.